The minimum atomic E-state index is -5.73. The molecule has 2 aromatic rings. The molecule has 18 nitrogen and oxygen atoms in total. The number of nitrogens with one attached hydrogen (secondary N) is 1. The van der Waals surface area contributed by atoms with Crippen LogP contribution < -0.4 is 11.3 Å². The molecule has 8 N–H and O–H groups in total. The summed E-state index contributed by atoms with van der Waals surface area (Å²) in [5.41, 5.74) is 5.39. The van der Waals surface area contributed by atoms with Crippen molar-refractivity contribution in [3.63, 3.8) is 0 Å². The van der Waals surface area contributed by atoms with Crippen molar-refractivity contribution >= 4 is 67.8 Å². The van der Waals surface area contributed by atoms with E-state index in [0.29, 0.717) is 12.2 Å². The van der Waals surface area contributed by atoms with Gasteiger partial charge in [0, 0.05) is 37.6 Å². The zero-order chi connectivity index (χ0) is 31.3. The van der Waals surface area contributed by atoms with E-state index in [0.717, 1.165) is 0 Å². The molecule has 1 aliphatic heterocycles. The van der Waals surface area contributed by atoms with Crippen LogP contribution in [-0.2, 0) is 36.4 Å². The number of Topliss-reactive ketones (excluding diaryl/α,β-unsaturated/α-hetero) is 1. The highest BCUT2D eigenvalue weighted by Gasteiger charge is 2.43. The van der Waals surface area contributed by atoms with E-state index in [1.54, 1.807) is 21.6 Å². The molecule has 3 rings (SSSR count). The summed E-state index contributed by atoms with van der Waals surface area (Å²) in [6, 6.07) is 0. The van der Waals surface area contributed by atoms with E-state index >= 15 is 0 Å². The van der Waals surface area contributed by atoms with Crippen LogP contribution in [-0.4, -0.2) is 75.8 Å². The smallest absolute Gasteiger partial charge is 0.390 e. The molecule has 3 unspecified atom stereocenters. The third-order valence-corrected chi connectivity index (χ3v) is 11.0. The minimum Gasteiger partial charge on any atom is -0.390 e. The molecule has 0 aromatic carbocycles. The number of rotatable bonds is 14. The number of H-pyrrole nitrogens is 1. The third kappa shape index (κ3) is 10.3. The second-order valence-corrected chi connectivity index (χ2v) is 15.6. The molecule has 0 radical (unpaired) electrons. The summed E-state index contributed by atoms with van der Waals surface area (Å²) in [6.45, 7) is -0.882. The molecule has 1 saturated heterocycles. The molecule has 5 atom stereocenters. The summed E-state index contributed by atoms with van der Waals surface area (Å²) in [6.07, 6.45) is 0.441. The highest BCUT2D eigenvalue weighted by molar-refractivity contribution is 8.76. The van der Waals surface area contributed by atoms with Crippen molar-refractivity contribution in [2.75, 3.05) is 24.3 Å². The highest BCUT2D eigenvalue weighted by atomic mass is 33.1. The lowest BCUT2D eigenvalue weighted by atomic mass is 10.1. The summed E-state index contributed by atoms with van der Waals surface area (Å²) in [5, 5.41) is 10.5. The summed E-state index contributed by atoms with van der Waals surface area (Å²) in [7, 11) is -13.6. The number of fused-ring (bicyclic) bond motifs is 1. The maximum atomic E-state index is 12.7. The SMILES string of the molecule is CSSCCC(=O)CCC#Cc1cn([C@H]2CC(O)[C@@H](COP(=O)(O)OP(=O)(O)OP(=O)(O)O)O2)c2nc(N)[nH]c(=O)c12. The van der Waals surface area contributed by atoms with E-state index in [1.807, 2.05) is 6.26 Å². The first kappa shape index (κ1) is 35.0. The number of aliphatic hydroxyl groups excluding tert-OH is 1. The molecule has 234 valence electrons. The monoisotopic (exact) mass is 692 g/mol. The zero-order valence-electron chi connectivity index (χ0n) is 21.6. The van der Waals surface area contributed by atoms with Crippen LogP contribution in [0.2, 0.25) is 0 Å². The molecule has 0 saturated carbocycles. The lowest BCUT2D eigenvalue weighted by Gasteiger charge is -2.19. The van der Waals surface area contributed by atoms with Gasteiger partial charge in [-0.15, -0.1) is 0 Å². The van der Waals surface area contributed by atoms with Crippen LogP contribution >= 0.6 is 45.1 Å². The van der Waals surface area contributed by atoms with Crippen LogP contribution in [0.4, 0.5) is 5.95 Å². The Bertz CT molecular complexity index is 1570. The Morgan fingerprint density at radius 1 is 1.24 bits per heavy atom. The lowest BCUT2D eigenvalue weighted by molar-refractivity contribution is -0.118. The van der Waals surface area contributed by atoms with E-state index in [4.69, 9.17) is 20.3 Å². The Balaban J connectivity index is 1.74. The van der Waals surface area contributed by atoms with E-state index < -0.39 is 54.1 Å². The van der Waals surface area contributed by atoms with Crippen LogP contribution in [0.1, 0.15) is 37.5 Å². The van der Waals surface area contributed by atoms with Gasteiger partial charge in [0.05, 0.1) is 23.7 Å². The summed E-state index contributed by atoms with van der Waals surface area (Å²) >= 11 is 0. The zero-order valence-corrected chi connectivity index (χ0v) is 25.9. The first-order valence-electron chi connectivity index (χ1n) is 11.7. The molecule has 2 aromatic heterocycles. The van der Waals surface area contributed by atoms with Gasteiger partial charge >= 0.3 is 23.5 Å². The minimum absolute atomic E-state index is 0.0520. The molecular formula is C19H27N4O14P3S2. The average Bonchev–Trinajstić information content (AvgIpc) is 3.38. The number of carbonyl (C=O) groups is 1. The van der Waals surface area contributed by atoms with Gasteiger partial charge in [-0.05, 0) is 6.26 Å². The maximum absolute atomic E-state index is 12.7. The highest BCUT2D eigenvalue weighted by Crippen LogP contribution is 2.66. The number of nitrogen functional groups attached to an aromatic ring is 1. The Morgan fingerprint density at radius 3 is 2.62 bits per heavy atom. The number of ether oxygens (including phenoxy) is 1. The average molecular weight is 692 g/mol. The normalized spacial score (nSPS) is 21.9. The van der Waals surface area contributed by atoms with Crippen LogP contribution in [0.25, 0.3) is 11.0 Å². The number of carbonyl (C=O) groups excluding carboxylic acids is 1. The number of nitrogens with zero attached hydrogens (tertiary/aromatic N) is 2. The molecule has 42 heavy (non-hydrogen) atoms. The summed E-state index contributed by atoms with van der Waals surface area (Å²) < 4.78 is 53.2. The number of hydrogen-bond acceptors (Lipinski definition) is 14. The number of hydrogen-bond donors (Lipinski definition) is 7. The second kappa shape index (κ2) is 14.5. The molecular weight excluding hydrogens is 665 g/mol. The van der Waals surface area contributed by atoms with Gasteiger partial charge in [0.2, 0.25) is 5.95 Å². The molecule has 1 fully saturated rings. The van der Waals surface area contributed by atoms with Crippen molar-refractivity contribution < 1.29 is 61.1 Å². The number of anilines is 1. The fourth-order valence-corrected chi connectivity index (χ4v) is 7.97. The Morgan fingerprint density at radius 2 is 1.95 bits per heavy atom. The second-order valence-electron chi connectivity index (χ2n) is 8.50. The molecule has 0 amide bonds. The number of phosphoric acid groups is 3. The standard InChI is InChI=1S/C19H27N4O14P3S2/c1-41-42-7-6-12(24)5-3-2-4-11-9-23(17-16(11)18(26)22-19(20)21-17)15-8-13(25)14(35-15)10-34-39(30,31)37-40(32,33)36-38(27,28)29/h9,13-15,25H,3,5-8,10H2,1H3,(H,30,31)(H,32,33)(H2,27,28,29)(H3,20,21,22,26)/t13?,14-,15-/m1/s1. The van der Waals surface area contributed by atoms with Gasteiger partial charge in [0.15, 0.2) is 5.65 Å². The Hall–Kier alpha value is -1.52. The largest absolute Gasteiger partial charge is 0.490 e. The molecule has 0 aliphatic carbocycles. The number of aliphatic hydroxyl groups is 1. The van der Waals surface area contributed by atoms with Gasteiger partial charge in [-0.25, -0.2) is 13.7 Å². The molecule has 23 heteroatoms. The van der Waals surface area contributed by atoms with Gasteiger partial charge in [0.1, 0.15) is 18.1 Å². The predicted octanol–water partition coefficient (Wildman–Crippen LogP) is 1.40. The van der Waals surface area contributed by atoms with Crippen molar-refractivity contribution in [2.45, 2.75) is 44.1 Å². The van der Waals surface area contributed by atoms with Crippen LogP contribution in [0, 0.1) is 11.8 Å². The van der Waals surface area contributed by atoms with Gasteiger partial charge in [-0.2, -0.15) is 13.6 Å². The number of phosphoric ester groups is 1. The van der Waals surface area contributed by atoms with E-state index in [2.05, 4.69) is 35.0 Å². The van der Waals surface area contributed by atoms with Crippen molar-refractivity contribution in [2.24, 2.45) is 0 Å². The molecule has 1 aliphatic rings. The number of ketones is 1. The topological polar surface area (TPSA) is 283 Å². The maximum Gasteiger partial charge on any atom is 0.490 e. The fraction of sp³-hybridized carbons (Fsp3) is 0.526. The van der Waals surface area contributed by atoms with E-state index in [-0.39, 0.29) is 47.6 Å². The van der Waals surface area contributed by atoms with Crippen molar-refractivity contribution in [1.29, 1.82) is 0 Å². The van der Waals surface area contributed by atoms with E-state index in [1.165, 1.54) is 10.8 Å². The van der Waals surface area contributed by atoms with Gasteiger partial charge in [-0.3, -0.25) is 19.1 Å². The fourth-order valence-electron chi connectivity index (χ4n) is 3.72. The van der Waals surface area contributed by atoms with Crippen molar-refractivity contribution in [1.82, 2.24) is 14.5 Å². The van der Waals surface area contributed by atoms with E-state index in [9.17, 15) is 38.2 Å². The predicted molar refractivity (Wildman–Crippen MR) is 151 cm³/mol. The lowest BCUT2D eigenvalue weighted by Crippen LogP contribution is -2.26. The van der Waals surface area contributed by atoms with Crippen LogP contribution in [0.15, 0.2) is 11.0 Å². The first-order chi connectivity index (χ1) is 19.5. The van der Waals surface area contributed by atoms with Crippen LogP contribution in [0.5, 0.6) is 0 Å². The Kier molecular flexibility index (Phi) is 12.1. The molecule has 3 heterocycles. The molecule has 0 bridgehead atoms. The Labute approximate surface area is 245 Å². The van der Waals surface area contributed by atoms with Gasteiger partial charge in [0.25, 0.3) is 5.56 Å². The van der Waals surface area contributed by atoms with Crippen molar-refractivity contribution in [3.05, 3.63) is 22.1 Å². The third-order valence-electron chi connectivity index (χ3n) is 5.37. The van der Waals surface area contributed by atoms with Gasteiger partial charge in [-0.1, -0.05) is 33.4 Å². The molecule has 0 spiro atoms. The quantitative estimate of drug-likeness (QED) is 0.0637. The van der Waals surface area contributed by atoms with Crippen molar-refractivity contribution in [3.8, 4) is 11.8 Å². The van der Waals surface area contributed by atoms with Gasteiger partial charge < -0.3 is 39.7 Å². The number of nitrogens with two attached hydrogens (primary N) is 1. The summed E-state index contributed by atoms with van der Waals surface area (Å²) in [5.74, 6) is 6.22. The van der Waals surface area contributed by atoms with Crippen LogP contribution in [0.3, 0.4) is 0 Å². The number of aromatic amines is 1. The summed E-state index contributed by atoms with van der Waals surface area (Å²) in [4.78, 5) is 67.3. The first-order valence-corrected chi connectivity index (χ1v) is 18.9. The number of aromatic nitrogens is 3.